The minimum Gasteiger partial charge on any atom is -0.370 e. The standard InChI is InChI=1S/C17H22ClN3/c1-5-19-16-10-14(8-11(2)3)20-17(21-16)15-7-6-13(18)9-12(15)4/h6-7,9-11H,5,8H2,1-4H3,(H,19,20,21). The molecule has 1 aromatic heterocycles. The number of nitrogens with one attached hydrogen (secondary N) is 1. The highest BCUT2D eigenvalue weighted by Gasteiger charge is 2.10. The van der Waals surface area contributed by atoms with Gasteiger partial charge in [0.05, 0.1) is 0 Å². The summed E-state index contributed by atoms with van der Waals surface area (Å²) in [5.41, 5.74) is 3.19. The van der Waals surface area contributed by atoms with E-state index in [0.717, 1.165) is 46.5 Å². The lowest BCUT2D eigenvalue weighted by atomic mass is 10.1. The third-order valence-corrected chi connectivity index (χ3v) is 3.42. The second-order valence-electron chi connectivity index (χ2n) is 5.66. The van der Waals surface area contributed by atoms with Crippen molar-refractivity contribution in [3.05, 3.63) is 40.5 Å². The summed E-state index contributed by atoms with van der Waals surface area (Å²) in [6.07, 6.45) is 0.945. The van der Waals surface area contributed by atoms with Gasteiger partial charge in [-0.3, -0.25) is 0 Å². The van der Waals surface area contributed by atoms with E-state index in [1.54, 1.807) is 0 Å². The molecule has 0 bridgehead atoms. The van der Waals surface area contributed by atoms with E-state index in [1.165, 1.54) is 0 Å². The molecular weight excluding hydrogens is 282 g/mol. The molecule has 1 heterocycles. The first kappa shape index (κ1) is 15.8. The van der Waals surface area contributed by atoms with E-state index in [1.807, 2.05) is 31.2 Å². The zero-order valence-electron chi connectivity index (χ0n) is 13.1. The van der Waals surface area contributed by atoms with Crippen LogP contribution in [0.25, 0.3) is 11.4 Å². The molecule has 0 unspecified atom stereocenters. The molecule has 3 nitrogen and oxygen atoms in total. The summed E-state index contributed by atoms with van der Waals surface area (Å²) in [5.74, 6) is 2.21. The maximum atomic E-state index is 6.03. The molecule has 0 amide bonds. The number of rotatable bonds is 5. The smallest absolute Gasteiger partial charge is 0.162 e. The van der Waals surface area contributed by atoms with Crippen LogP contribution in [0.1, 0.15) is 32.0 Å². The summed E-state index contributed by atoms with van der Waals surface area (Å²) in [6, 6.07) is 7.86. The molecule has 0 aliphatic heterocycles. The van der Waals surface area contributed by atoms with Crippen LogP contribution in [0.2, 0.25) is 5.02 Å². The van der Waals surface area contributed by atoms with Crippen LogP contribution >= 0.6 is 11.6 Å². The molecule has 0 spiro atoms. The molecule has 0 aliphatic carbocycles. The van der Waals surface area contributed by atoms with Gasteiger partial charge in [-0.25, -0.2) is 9.97 Å². The average molecular weight is 304 g/mol. The van der Waals surface area contributed by atoms with Crippen molar-refractivity contribution in [2.24, 2.45) is 5.92 Å². The zero-order chi connectivity index (χ0) is 15.4. The van der Waals surface area contributed by atoms with E-state index in [-0.39, 0.29) is 0 Å². The molecular formula is C17H22ClN3. The Bertz CT molecular complexity index is 623. The number of nitrogens with zero attached hydrogens (tertiary/aromatic N) is 2. The zero-order valence-corrected chi connectivity index (χ0v) is 13.8. The monoisotopic (exact) mass is 303 g/mol. The highest BCUT2D eigenvalue weighted by molar-refractivity contribution is 6.30. The Morgan fingerprint density at radius 2 is 1.95 bits per heavy atom. The highest BCUT2D eigenvalue weighted by atomic mass is 35.5. The van der Waals surface area contributed by atoms with Crippen LogP contribution in [0.15, 0.2) is 24.3 Å². The Balaban J connectivity index is 2.48. The van der Waals surface area contributed by atoms with Crippen LogP contribution in [0.4, 0.5) is 5.82 Å². The molecule has 2 rings (SSSR count). The number of hydrogen-bond acceptors (Lipinski definition) is 3. The molecule has 0 atom stereocenters. The molecule has 0 fully saturated rings. The van der Waals surface area contributed by atoms with Gasteiger partial charge in [-0.2, -0.15) is 0 Å². The first-order valence-corrected chi connectivity index (χ1v) is 7.75. The lowest BCUT2D eigenvalue weighted by Crippen LogP contribution is -2.06. The molecule has 21 heavy (non-hydrogen) atoms. The second-order valence-corrected chi connectivity index (χ2v) is 6.09. The van der Waals surface area contributed by atoms with E-state index < -0.39 is 0 Å². The molecule has 0 aliphatic rings. The number of hydrogen-bond donors (Lipinski definition) is 1. The van der Waals surface area contributed by atoms with Gasteiger partial charge in [0, 0.05) is 28.9 Å². The predicted octanol–water partition coefficient (Wildman–Crippen LogP) is 4.74. The number of aromatic nitrogens is 2. The molecule has 112 valence electrons. The first-order chi connectivity index (χ1) is 9.99. The quantitative estimate of drug-likeness (QED) is 0.867. The van der Waals surface area contributed by atoms with Crippen LogP contribution in [0.5, 0.6) is 0 Å². The van der Waals surface area contributed by atoms with Crippen molar-refractivity contribution >= 4 is 17.4 Å². The van der Waals surface area contributed by atoms with Crippen molar-refractivity contribution in [1.82, 2.24) is 9.97 Å². The van der Waals surface area contributed by atoms with Crippen molar-refractivity contribution in [1.29, 1.82) is 0 Å². The fourth-order valence-corrected chi connectivity index (χ4v) is 2.52. The Morgan fingerprint density at radius 3 is 2.57 bits per heavy atom. The average Bonchev–Trinajstić information content (AvgIpc) is 2.37. The van der Waals surface area contributed by atoms with E-state index in [2.05, 4.69) is 31.1 Å². The molecule has 4 heteroatoms. The van der Waals surface area contributed by atoms with Gasteiger partial charge < -0.3 is 5.32 Å². The fraction of sp³-hybridized carbons (Fsp3) is 0.412. The first-order valence-electron chi connectivity index (χ1n) is 7.38. The Hall–Kier alpha value is -1.61. The van der Waals surface area contributed by atoms with Crippen molar-refractivity contribution in [3.63, 3.8) is 0 Å². The van der Waals surface area contributed by atoms with E-state index in [0.29, 0.717) is 5.92 Å². The van der Waals surface area contributed by atoms with Gasteiger partial charge in [-0.15, -0.1) is 0 Å². The van der Waals surface area contributed by atoms with Crippen LogP contribution in [0, 0.1) is 12.8 Å². The lowest BCUT2D eigenvalue weighted by molar-refractivity contribution is 0.635. The van der Waals surface area contributed by atoms with E-state index >= 15 is 0 Å². The number of anilines is 1. The Labute approximate surface area is 131 Å². The van der Waals surface area contributed by atoms with Crippen LogP contribution in [0.3, 0.4) is 0 Å². The summed E-state index contributed by atoms with van der Waals surface area (Å²) >= 11 is 6.03. The van der Waals surface area contributed by atoms with Crippen molar-refractivity contribution in [2.45, 2.75) is 34.1 Å². The molecule has 1 aromatic carbocycles. The Morgan fingerprint density at radius 1 is 1.19 bits per heavy atom. The number of benzene rings is 1. The second kappa shape index (κ2) is 6.90. The normalized spacial score (nSPS) is 11.0. The SMILES string of the molecule is CCNc1cc(CC(C)C)nc(-c2ccc(Cl)cc2C)n1. The number of halogens is 1. The summed E-state index contributed by atoms with van der Waals surface area (Å²) in [6.45, 7) is 9.34. The lowest BCUT2D eigenvalue weighted by Gasteiger charge is -2.12. The van der Waals surface area contributed by atoms with Crippen molar-refractivity contribution < 1.29 is 0 Å². The number of aryl methyl sites for hydroxylation is 1. The topological polar surface area (TPSA) is 37.8 Å². The third-order valence-electron chi connectivity index (χ3n) is 3.18. The minimum atomic E-state index is 0.563. The summed E-state index contributed by atoms with van der Waals surface area (Å²) in [7, 11) is 0. The fourth-order valence-electron chi connectivity index (χ4n) is 2.29. The van der Waals surface area contributed by atoms with Crippen LogP contribution in [-0.2, 0) is 6.42 Å². The summed E-state index contributed by atoms with van der Waals surface area (Å²) < 4.78 is 0. The van der Waals surface area contributed by atoms with Gasteiger partial charge in [0.2, 0.25) is 0 Å². The van der Waals surface area contributed by atoms with Gasteiger partial charge in [0.25, 0.3) is 0 Å². The molecule has 2 aromatic rings. The highest BCUT2D eigenvalue weighted by Crippen LogP contribution is 2.25. The maximum absolute atomic E-state index is 6.03. The van der Waals surface area contributed by atoms with Crippen LogP contribution in [-0.4, -0.2) is 16.5 Å². The summed E-state index contributed by atoms with van der Waals surface area (Å²) in [4.78, 5) is 9.35. The minimum absolute atomic E-state index is 0.563. The van der Waals surface area contributed by atoms with E-state index in [9.17, 15) is 0 Å². The van der Waals surface area contributed by atoms with Crippen molar-refractivity contribution in [3.8, 4) is 11.4 Å². The van der Waals surface area contributed by atoms with Crippen molar-refractivity contribution in [2.75, 3.05) is 11.9 Å². The van der Waals surface area contributed by atoms with Gasteiger partial charge in [0.1, 0.15) is 5.82 Å². The maximum Gasteiger partial charge on any atom is 0.162 e. The molecule has 0 radical (unpaired) electrons. The van der Waals surface area contributed by atoms with Gasteiger partial charge in [0.15, 0.2) is 5.82 Å². The van der Waals surface area contributed by atoms with Gasteiger partial charge in [-0.1, -0.05) is 25.4 Å². The van der Waals surface area contributed by atoms with E-state index in [4.69, 9.17) is 16.6 Å². The molecule has 1 N–H and O–H groups in total. The Kier molecular flexibility index (Phi) is 5.18. The van der Waals surface area contributed by atoms with Gasteiger partial charge >= 0.3 is 0 Å². The summed E-state index contributed by atoms with van der Waals surface area (Å²) in [5, 5.41) is 4.02. The van der Waals surface area contributed by atoms with Crippen LogP contribution < -0.4 is 5.32 Å². The molecule has 0 saturated heterocycles. The van der Waals surface area contributed by atoms with Gasteiger partial charge in [-0.05, 0) is 49.9 Å². The largest absolute Gasteiger partial charge is 0.370 e. The predicted molar refractivity (Wildman–Crippen MR) is 89.9 cm³/mol. The molecule has 0 saturated carbocycles. The third kappa shape index (κ3) is 4.18.